The second kappa shape index (κ2) is 6.11. The Kier molecular flexibility index (Phi) is 4.51. The number of nitro benzene ring substituents is 1. The number of aromatic nitrogens is 2. The van der Waals surface area contributed by atoms with Gasteiger partial charge in [0.25, 0.3) is 0 Å². The molecule has 0 aliphatic carbocycles. The first-order valence-electron chi connectivity index (χ1n) is 6.31. The fraction of sp³-hybridized carbons (Fsp3) is 0.250. The highest BCUT2D eigenvalue weighted by atomic mass is 32.2. The number of rotatable bonds is 5. The van der Waals surface area contributed by atoms with Gasteiger partial charge in [0.2, 0.25) is 0 Å². The monoisotopic (exact) mass is 364 g/mol. The van der Waals surface area contributed by atoms with Crippen LogP contribution in [0.25, 0.3) is 0 Å². The van der Waals surface area contributed by atoms with E-state index in [9.17, 15) is 31.7 Å². The van der Waals surface area contributed by atoms with Gasteiger partial charge >= 0.3 is 11.9 Å². The van der Waals surface area contributed by atoms with Gasteiger partial charge in [-0.25, -0.2) is 8.42 Å². The highest BCUT2D eigenvalue weighted by molar-refractivity contribution is 7.90. The van der Waals surface area contributed by atoms with Crippen molar-refractivity contribution in [1.29, 1.82) is 0 Å². The molecule has 1 N–H and O–H groups in total. The Labute approximate surface area is 134 Å². The molecule has 12 heteroatoms. The zero-order valence-electron chi connectivity index (χ0n) is 12.1. The molecule has 8 nitrogen and oxygen atoms in total. The Hall–Kier alpha value is -2.63. The van der Waals surface area contributed by atoms with Gasteiger partial charge in [0.15, 0.2) is 9.84 Å². The van der Waals surface area contributed by atoms with Crippen molar-refractivity contribution in [3.63, 3.8) is 0 Å². The standard InChI is InChI=1S/C12H11F3N4O4S/c1-24(22,23)10-4-2-3-9(11(10)19(20)21)17-8-5-16-18(6-8)7-12(13,14)15/h2-6,17H,7H2,1H3. The molecule has 0 bridgehead atoms. The quantitative estimate of drug-likeness (QED) is 0.645. The molecule has 2 rings (SSSR count). The van der Waals surface area contributed by atoms with Crippen molar-refractivity contribution in [2.45, 2.75) is 17.6 Å². The molecule has 0 radical (unpaired) electrons. The molecular formula is C12H11F3N4O4S. The van der Waals surface area contributed by atoms with Crippen LogP contribution < -0.4 is 5.32 Å². The number of para-hydroxylation sites is 1. The summed E-state index contributed by atoms with van der Waals surface area (Å²) in [6.45, 7) is -1.32. The van der Waals surface area contributed by atoms with Gasteiger partial charge in [-0.15, -0.1) is 0 Å². The maximum Gasteiger partial charge on any atom is 0.408 e. The van der Waals surface area contributed by atoms with E-state index in [0.29, 0.717) is 4.68 Å². The summed E-state index contributed by atoms with van der Waals surface area (Å²) in [7, 11) is -3.86. The van der Waals surface area contributed by atoms with Crippen molar-refractivity contribution in [3.05, 3.63) is 40.7 Å². The van der Waals surface area contributed by atoms with Crippen molar-refractivity contribution in [2.75, 3.05) is 11.6 Å². The highest BCUT2D eigenvalue weighted by Gasteiger charge is 2.29. The minimum absolute atomic E-state index is 0.0491. The molecule has 0 amide bonds. The van der Waals surface area contributed by atoms with Crippen LogP contribution in [0, 0.1) is 10.1 Å². The first kappa shape index (κ1) is 17.7. The van der Waals surface area contributed by atoms with Crippen LogP contribution in [0.1, 0.15) is 0 Å². The van der Waals surface area contributed by atoms with E-state index in [1.807, 2.05) is 0 Å². The van der Waals surface area contributed by atoms with E-state index in [1.54, 1.807) is 0 Å². The Morgan fingerprint density at radius 3 is 2.58 bits per heavy atom. The Morgan fingerprint density at radius 2 is 2.04 bits per heavy atom. The van der Waals surface area contributed by atoms with Crippen molar-refractivity contribution in [2.24, 2.45) is 0 Å². The van der Waals surface area contributed by atoms with Gasteiger partial charge in [-0.3, -0.25) is 14.8 Å². The smallest absolute Gasteiger partial charge is 0.347 e. The van der Waals surface area contributed by atoms with Crippen molar-refractivity contribution in [3.8, 4) is 0 Å². The predicted molar refractivity (Wildman–Crippen MR) is 77.8 cm³/mol. The third-order valence-electron chi connectivity index (χ3n) is 2.83. The highest BCUT2D eigenvalue weighted by Crippen LogP contribution is 2.33. The van der Waals surface area contributed by atoms with Gasteiger partial charge in [0, 0.05) is 12.5 Å². The number of anilines is 2. The fourth-order valence-electron chi connectivity index (χ4n) is 1.96. The van der Waals surface area contributed by atoms with Gasteiger partial charge in [0.05, 0.1) is 16.8 Å². The zero-order chi connectivity index (χ0) is 18.1. The van der Waals surface area contributed by atoms with Crippen molar-refractivity contribution >= 4 is 26.9 Å². The number of halogens is 3. The summed E-state index contributed by atoms with van der Waals surface area (Å²) in [5.74, 6) is 0. The molecule has 0 saturated carbocycles. The molecule has 2 aromatic rings. The Morgan fingerprint density at radius 1 is 1.38 bits per heavy atom. The van der Waals surface area contributed by atoms with Gasteiger partial charge in [-0.1, -0.05) is 6.07 Å². The van der Waals surface area contributed by atoms with E-state index >= 15 is 0 Å². The molecule has 0 aliphatic heterocycles. The van der Waals surface area contributed by atoms with E-state index in [2.05, 4.69) is 10.4 Å². The molecule has 1 heterocycles. The molecule has 1 aromatic heterocycles. The summed E-state index contributed by atoms with van der Waals surface area (Å²) in [5, 5.41) is 17.2. The lowest BCUT2D eigenvalue weighted by Crippen LogP contribution is -2.17. The Bertz CT molecular complexity index is 877. The average Bonchev–Trinajstić information content (AvgIpc) is 2.82. The van der Waals surface area contributed by atoms with Crippen LogP contribution >= 0.6 is 0 Å². The van der Waals surface area contributed by atoms with Crippen LogP contribution in [0.4, 0.5) is 30.2 Å². The topological polar surface area (TPSA) is 107 Å². The summed E-state index contributed by atoms with van der Waals surface area (Å²) in [5.41, 5.74) is -0.814. The molecule has 0 unspecified atom stereocenters. The third-order valence-corrected chi connectivity index (χ3v) is 3.96. The van der Waals surface area contributed by atoms with Gasteiger partial charge < -0.3 is 5.32 Å². The minimum Gasteiger partial charge on any atom is -0.347 e. The number of nitro groups is 1. The van der Waals surface area contributed by atoms with E-state index in [-0.39, 0.29) is 11.4 Å². The maximum absolute atomic E-state index is 12.3. The summed E-state index contributed by atoms with van der Waals surface area (Å²) in [6.07, 6.45) is -1.60. The van der Waals surface area contributed by atoms with Crippen LogP contribution in [-0.2, 0) is 16.4 Å². The van der Waals surface area contributed by atoms with Gasteiger partial charge in [0.1, 0.15) is 17.1 Å². The summed E-state index contributed by atoms with van der Waals surface area (Å²) >= 11 is 0. The van der Waals surface area contributed by atoms with Crippen LogP contribution in [0.3, 0.4) is 0 Å². The zero-order valence-corrected chi connectivity index (χ0v) is 12.9. The first-order chi connectivity index (χ1) is 11.0. The summed E-state index contributed by atoms with van der Waals surface area (Å²) in [6, 6.07) is 3.60. The van der Waals surface area contributed by atoms with E-state index in [0.717, 1.165) is 24.7 Å². The number of alkyl halides is 3. The van der Waals surface area contributed by atoms with Crippen LogP contribution in [0.15, 0.2) is 35.5 Å². The minimum atomic E-state index is -4.47. The lowest BCUT2D eigenvalue weighted by molar-refractivity contribution is -0.386. The van der Waals surface area contributed by atoms with Crippen LogP contribution in [-0.4, -0.2) is 35.6 Å². The number of hydrogen-bond donors (Lipinski definition) is 1. The van der Waals surface area contributed by atoms with Crippen molar-refractivity contribution in [1.82, 2.24) is 9.78 Å². The first-order valence-corrected chi connectivity index (χ1v) is 8.20. The number of nitrogens with zero attached hydrogens (tertiary/aromatic N) is 3. The van der Waals surface area contributed by atoms with E-state index in [4.69, 9.17) is 0 Å². The average molecular weight is 364 g/mol. The molecule has 0 aliphatic rings. The largest absolute Gasteiger partial charge is 0.408 e. The molecule has 0 fully saturated rings. The molecule has 0 spiro atoms. The predicted octanol–water partition coefficient (Wildman–Crippen LogP) is 2.50. The molecule has 1 aromatic carbocycles. The number of nitrogens with one attached hydrogen (secondary N) is 1. The molecule has 24 heavy (non-hydrogen) atoms. The second-order valence-corrected chi connectivity index (χ2v) is 6.83. The van der Waals surface area contributed by atoms with Gasteiger partial charge in [-0.05, 0) is 12.1 Å². The SMILES string of the molecule is CS(=O)(=O)c1cccc(Nc2cnn(CC(F)(F)F)c2)c1[N+](=O)[O-]. The normalized spacial score (nSPS) is 12.2. The Balaban J connectivity index is 2.39. The number of sulfone groups is 1. The summed E-state index contributed by atoms with van der Waals surface area (Å²) in [4.78, 5) is 9.83. The third kappa shape index (κ3) is 4.22. The molecule has 0 atom stereocenters. The lowest BCUT2D eigenvalue weighted by atomic mass is 10.2. The molecule has 0 saturated heterocycles. The van der Waals surface area contributed by atoms with E-state index < -0.39 is 38.1 Å². The molecular weight excluding hydrogens is 353 g/mol. The van der Waals surface area contributed by atoms with Crippen molar-refractivity contribution < 1.29 is 26.5 Å². The summed E-state index contributed by atoms with van der Waals surface area (Å²) < 4.78 is 60.8. The number of hydrogen-bond acceptors (Lipinski definition) is 6. The lowest BCUT2D eigenvalue weighted by Gasteiger charge is -2.08. The maximum atomic E-state index is 12.3. The van der Waals surface area contributed by atoms with Gasteiger partial charge in [-0.2, -0.15) is 18.3 Å². The second-order valence-electron chi connectivity index (χ2n) is 4.85. The van der Waals surface area contributed by atoms with Crippen LogP contribution in [0.2, 0.25) is 0 Å². The molecule has 130 valence electrons. The van der Waals surface area contributed by atoms with E-state index in [1.165, 1.54) is 12.1 Å². The van der Waals surface area contributed by atoms with Crippen LogP contribution in [0.5, 0.6) is 0 Å². The fourth-order valence-corrected chi connectivity index (χ4v) is 2.83. The number of benzene rings is 1.